The Hall–Kier alpha value is -1.91. The smallest absolute Gasteiger partial charge is 0.335 e. The monoisotopic (exact) mass is 304 g/mol. The van der Waals surface area contributed by atoms with Gasteiger partial charge in [-0.1, -0.05) is 26.7 Å². The van der Waals surface area contributed by atoms with Gasteiger partial charge in [-0.25, -0.2) is 4.79 Å². The van der Waals surface area contributed by atoms with Crippen molar-refractivity contribution in [2.45, 2.75) is 46.0 Å². The van der Waals surface area contributed by atoms with Gasteiger partial charge in [-0.3, -0.25) is 9.78 Å². The number of rotatable bonds is 4. The van der Waals surface area contributed by atoms with Crippen molar-refractivity contribution in [1.29, 1.82) is 0 Å². The Labute approximate surface area is 131 Å². The summed E-state index contributed by atoms with van der Waals surface area (Å²) in [6, 6.07) is 2.77. The first kappa shape index (κ1) is 16.5. The van der Waals surface area contributed by atoms with E-state index in [4.69, 9.17) is 5.11 Å². The molecule has 0 saturated carbocycles. The van der Waals surface area contributed by atoms with Crippen LogP contribution in [-0.2, 0) is 0 Å². The third kappa shape index (κ3) is 3.46. The molecule has 1 saturated heterocycles. The third-order valence-corrected chi connectivity index (χ3v) is 5.06. The number of carboxylic acids is 1. The Kier molecular flexibility index (Phi) is 5.16. The van der Waals surface area contributed by atoms with Gasteiger partial charge in [-0.05, 0) is 36.8 Å². The van der Waals surface area contributed by atoms with Crippen LogP contribution in [0, 0.1) is 5.41 Å². The lowest BCUT2D eigenvalue weighted by Gasteiger charge is -2.30. The Morgan fingerprint density at radius 1 is 1.27 bits per heavy atom. The van der Waals surface area contributed by atoms with Gasteiger partial charge in [0.25, 0.3) is 5.91 Å². The van der Waals surface area contributed by atoms with E-state index in [1.807, 2.05) is 4.90 Å². The number of pyridine rings is 1. The lowest BCUT2D eigenvalue weighted by atomic mass is 9.76. The van der Waals surface area contributed by atoms with E-state index in [9.17, 15) is 9.59 Å². The molecule has 1 amide bonds. The van der Waals surface area contributed by atoms with E-state index >= 15 is 0 Å². The lowest BCUT2D eigenvalue weighted by molar-refractivity contribution is 0.0696. The minimum Gasteiger partial charge on any atom is -0.478 e. The van der Waals surface area contributed by atoms with Crippen molar-refractivity contribution in [3.63, 3.8) is 0 Å². The number of likely N-dealkylation sites (tertiary alicyclic amines) is 1. The summed E-state index contributed by atoms with van der Waals surface area (Å²) in [5.41, 5.74) is 0.663. The molecule has 1 fully saturated rings. The molecule has 5 heteroatoms. The molecule has 22 heavy (non-hydrogen) atoms. The van der Waals surface area contributed by atoms with Crippen molar-refractivity contribution < 1.29 is 14.7 Å². The van der Waals surface area contributed by atoms with Crippen LogP contribution < -0.4 is 0 Å². The van der Waals surface area contributed by atoms with Crippen LogP contribution >= 0.6 is 0 Å². The zero-order valence-electron chi connectivity index (χ0n) is 13.3. The average Bonchev–Trinajstić information content (AvgIpc) is 2.77. The Morgan fingerprint density at radius 3 is 2.64 bits per heavy atom. The Morgan fingerprint density at radius 2 is 2.00 bits per heavy atom. The van der Waals surface area contributed by atoms with Gasteiger partial charge in [-0.15, -0.1) is 0 Å². The highest BCUT2D eigenvalue weighted by Gasteiger charge is 2.31. The summed E-state index contributed by atoms with van der Waals surface area (Å²) < 4.78 is 0. The molecular formula is C17H24N2O3. The first-order chi connectivity index (χ1) is 10.5. The van der Waals surface area contributed by atoms with Crippen molar-refractivity contribution >= 4 is 11.9 Å². The number of aromatic carboxylic acids is 1. The highest BCUT2D eigenvalue weighted by Crippen LogP contribution is 2.38. The molecule has 0 aromatic carbocycles. The molecule has 0 spiro atoms. The van der Waals surface area contributed by atoms with Gasteiger partial charge in [-0.2, -0.15) is 0 Å². The third-order valence-electron chi connectivity index (χ3n) is 5.06. The molecule has 0 radical (unpaired) electrons. The van der Waals surface area contributed by atoms with Crippen molar-refractivity contribution in [3.05, 3.63) is 29.6 Å². The van der Waals surface area contributed by atoms with E-state index in [2.05, 4.69) is 18.8 Å². The molecule has 1 N–H and O–H groups in total. The average molecular weight is 304 g/mol. The van der Waals surface area contributed by atoms with Crippen LogP contribution in [0.2, 0.25) is 0 Å². The van der Waals surface area contributed by atoms with E-state index < -0.39 is 5.97 Å². The van der Waals surface area contributed by atoms with Crippen LogP contribution in [0.1, 0.15) is 66.8 Å². The normalized spacial score (nSPS) is 17.8. The van der Waals surface area contributed by atoms with Crippen molar-refractivity contribution in [1.82, 2.24) is 9.88 Å². The maximum absolute atomic E-state index is 12.6. The minimum atomic E-state index is -1.04. The summed E-state index contributed by atoms with van der Waals surface area (Å²) in [7, 11) is 0. The quantitative estimate of drug-likeness (QED) is 0.927. The second-order valence-electron chi connectivity index (χ2n) is 6.09. The molecule has 0 aliphatic carbocycles. The molecule has 5 nitrogen and oxygen atoms in total. The predicted molar refractivity (Wildman–Crippen MR) is 84.0 cm³/mol. The first-order valence-electron chi connectivity index (χ1n) is 8.00. The van der Waals surface area contributed by atoms with Crippen molar-refractivity contribution in [2.24, 2.45) is 5.41 Å². The summed E-state index contributed by atoms with van der Waals surface area (Å²) in [6.45, 7) is 5.89. The second-order valence-corrected chi connectivity index (χ2v) is 6.09. The van der Waals surface area contributed by atoms with Crippen LogP contribution in [0.5, 0.6) is 0 Å². The Bertz CT molecular complexity index is 553. The van der Waals surface area contributed by atoms with Gasteiger partial charge >= 0.3 is 5.97 Å². The predicted octanol–water partition coefficient (Wildman–Crippen LogP) is 3.21. The van der Waals surface area contributed by atoms with Crippen LogP contribution in [0.15, 0.2) is 18.3 Å². The highest BCUT2D eigenvalue weighted by atomic mass is 16.4. The van der Waals surface area contributed by atoms with Crippen LogP contribution in [0.4, 0.5) is 0 Å². The summed E-state index contributed by atoms with van der Waals surface area (Å²) in [5, 5.41) is 9.03. The second kappa shape index (κ2) is 6.90. The number of hydrogen-bond acceptors (Lipinski definition) is 3. The number of hydrogen-bond donors (Lipinski definition) is 1. The number of amides is 1. The molecule has 1 aromatic rings. The molecule has 1 aliphatic rings. The molecule has 1 aliphatic heterocycles. The fraction of sp³-hybridized carbons (Fsp3) is 0.588. The van der Waals surface area contributed by atoms with E-state index in [0.717, 1.165) is 45.2 Å². The maximum Gasteiger partial charge on any atom is 0.335 e. The molecule has 0 unspecified atom stereocenters. The highest BCUT2D eigenvalue weighted by molar-refractivity contribution is 5.95. The summed E-state index contributed by atoms with van der Waals surface area (Å²) in [4.78, 5) is 29.5. The zero-order chi connectivity index (χ0) is 16.2. The number of carboxylic acid groups (broad SMARTS) is 1. The number of carbonyl (C=O) groups excluding carboxylic acids is 1. The molecule has 0 atom stereocenters. The summed E-state index contributed by atoms with van der Waals surface area (Å²) in [6.07, 6.45) is 6.80. The molecule has 1 aromatic heterocycles. The first-order valence-corrected chi connectivity index (χ1v) is 8.00. The molecule has 2 heterocycles. The van der Waals surface area contributed by atoms with Gasteiger partial charge < -0.3 is 10.0 Å². The van der Waals surface area contributed by atoms with Gasteiger partial charge in [0.15, 0.2) is 0 Å². The summed E-state index contributed by atoms with van der Waals surface area (Å²) >= 11 is 0. The van der Waals surface area contributed by atoms with E-state index in [-0.39, 0.29) is 17.2 Å². The van der Waals surface area contributed by atoms with Gasteiger partial charge in [0.05, 0.1) is 5.56 Å². The van der Waals surface area contributed by atoms with Gasteiger partial charge in [0.1, 0.15) is 5.69 Å². The molecule has 0 bridgehead atoms. The van der Waals surface area contributed by atoms with Crippen molar-refractivity contribution in [3.8, 4) is 0 Å². The van der Waals surface area contributed by atoms with Crippen LogP contribution in [0.25, 0.3) is 0 Å². The fourth-order valence-electron chi connectivity index (χ4n) is 3.26. The SMILES string of the molecule is CCC1(CC)CCCN(C(=O)c2cc(C(=O)O)ccn2)CC1. The molecule has 2 rings (SSSR count). The maximum atomic E-state index is 12.6. The number of carbonyl (C=O) groups is 2. The summed E-state index contributed by atoms with van der Waals surface area (Å²) in [5.74, 6) is -1.20. The van der Waals surface area contributed by atoms with Crippen molar-refractivity contribution in [2.75, 3.05) is 13.1 Å². The molecule has 120 valence electrons. The van der Waals surface area contributed by atoms with Gasteiger partial charge in [0.2, 0.25) is 0 Å². The van der Waals surface area contributed by atoms with Crippen LogP contribution in [0.3, 0.4) is 0 Å². The standard InChI is InChI=1S/C17H24N2O3/c1-3-17(4-2)7-5-10-19(11-8-17)15(20)14-12-13(16(21)22)6-9-18-14/h6,9,12H,3-5,7-8,10-11H2,1-2H3,(H,21,22). The van der Waals surface area contributed by atoms with E-state index in [1.54, 1.807) is 0 Å². The lowest BCUT2D eigenvalue weighted by Crippen LogP contribution is -2.33. The zero-order valence-corrected chi connectivity index (χ0v) is 13.3. The minimum absolute atomic E-state index is 0.102. The number of nitrogens with zero attached hydrogens (tertiary/aromatic N) is 2. The van der Waals surface area contributed by atoms with Gasteiger partial charge in [0, 0.05) is 19.3 Å². The Balaban J connectivity index is 2.13. The van der Waals surface area contributed by atoms with E-state index in [1.165, 1.54) is 18.3 Å². The fourth-order valence-corrected chi connectivity index (χ4v) is 3.26. The van der Waals surface area contributed by atoms with E-state index in [0.29, 0.717) is 5.41 Å². The number of aromatic nitrogens is 1. The topological polar surface area (TPSA) is 70.5 Å². The van der Waals surface area contributed by atoms with Crippen LogP contribution in [-0.4, -0.2) is 40.0 Å². The molecular weight excluding hydrogens is 280 g/mol. The largest absolute Gasteiger partial charge is 0.478 e.